The van der Waals surface area contributed by atoms with Crippen LogP contribution >= 0.6 is 0 Å². The van der Waals surface area contributed by atoms with Crippen LogP contribution in [0.4, 0.5) is 0 Å². The number of hydrogen-bond acceptors (Lipinski definition) is 5. The van der Waals surface area contributed by atoms with Gasteiger partial charge in [-0.05, 0) is 37.3 Å². The van der Waals surface area contributed by atoms with Gasteiger partial charge in [-0.15, -0.1) is 0 Å². The zero-order valence-electron chi connectivity index (χ0n) is 14.4. The summed E-state index contributed by atoms with van der Waals surface area (Å²) in [5.74, 6) is -1.55. The molecule has 0 saturated heterocycles. The molecule has 0 spiro atoms. The molecule has 138 valence electrons. The first-order valence-corrected chi connectivity index (χ1v) is 8.22. The van der Waals surface area contributed by atoms with Crippen LogP contribution in [0.5, 0.6) is 0 Å². The van der Waals surface area contributed by atoms with Crippen LogP contribution in [0.15, 0.2) is 53.3 Å². The molecule has 1 aromatic heterocycles. The molecule has 0 fully saturated rings. The van der Waals surface area contributed by atoms with Gasteiger partial charge in [0.15, 0.2) is 12.4 Å². The average Bonchev–Trinajstić information content (AvgIpc) is 3.05. The van der Waals surface area contributed by atoms with E-state index < -0.39 is 30.3 Å². The average molecular weight is 367 g/mol. The lowest BCUT2D eigenvalue weighted by atomic mass is 10.1. The SMILES string of the molecule is CC(NC(=O)c1ccccc1)C(=O)OCC(=O)c1ccc2[nH]c(=O)[nH]c2c1. The summed E-state index contributed by atoms with van der Waals surface area (Å²) < 4.78 is 4.99. The van der Waals surface area contributed by atoms with Crippen molar-refractivity contribution < 1.29 is 19.1 Å². The maximum absolute atomic E-state index is 12.2. The maximum Gasteiger partial charge on any atom is 0.328 e. The van der Waals surface area contributed by atoms with E-state index in [0.29, 0.717) is 22.2 Å². The number of H-pyrrole nitrogens is 2. The van der Waals surface area contributed by atoms with Crippen LogP contribution in [0, 0.1) is 0 Å². The van der Waals surface area contributed by atoms with Gasteiger partial charge in [-0.3, -0.25) is 9.59 Å². The molecule has 3 N–H and O–H groups in total. The number of aromatic amines is 2. The predicted molar refractivity (Wildman–Crippen MR) is 97.6 cm³/mol. The van der Waals surface area contributed by atoms with E-state index in [9.17, 15) is 19.2 Å². The summed E-state index contributed by atoms with van der Waals surface area (Å²) in [5.41, 5.74) is 1.41. The molecule has 0 bridgehead atoms. The van der Waals surface area contributed by atoms with Crippen molar-refractivity contribution in [3.05, 3.63) is 70.1 Å². The molecular formula is C19H17N3O5. The summed E-state index contributed by atoms with van der Waals surface area (Å²) in [5, 5.41) is 2.52. The predicted octanol–water partition coefficient (Wildman–Crippen LogP) is 1.40. The molecule has 0 aliphatic heterocycles. The molecule has 0 aliphatic rings. The highest BCUT2D eigenvalue weighted by Crippen LogP contribution is 2.11. The van der Waals surface area contributed by atoms with Gasteiger partial charge < -0.3 is 20.0 Å². The number of imidazole rings is 1. The van der Waals surface area contributed by atoms with Gasteiger partial charge in [0.2, 0.25) is 0 Å². The topological polar surface area (TPSA) is 121 Å². The van der Waals surface area contributed by atoms with Crippen molar-refractivity contribution in [3.8, 4) is 0 Å². The number of carbonyl (C=O) groups is 3. The Morgan fingerprint density at radius 3 is 2.44 bits per heavy atom. The molecule has 1 unspecified atom stereocenters. The number of ketones is 1. The fraction of sp³-hybridized carbons (Fsp3) is 0.158. The maximum atomic E-state index is 12.2. The number of amides is 1. The number of hydrogen-bond donors (Lipinski definition) is 3. The Labute approximate surface area is 153 Å². The van der Waals surface area contributed by atoms with E-state index in [-0.39, 0.29) is 5.69 Å². The summed E-state index contributed by atoms with van der Waals surface area (Å²) >= 11 is 0. The number of ether oxygens (including phenoxy) is 1. The largest absolute Gasteiger partial charge is 0.456 e. The highest BCUT2D eigenvalue weighted by atomic mass is 16.5. The quantitative estimate of drug-likeness (QED) is 0.449. The minimum absolute atomic E-state index is 0.298. The number of benzene rings is 2. The van der Waals surface area contributed by atoms with Crippen LogP contribution in [0.3, 0.4) is 0 Å². The number of esters is 1. The van der Waals surface area contributed by atoms with Gasteiger partial charge in [0.25, 0.3) is 5.91 Å². The van der Waals surface area contributed by atoms with Crippen LogP contribution < -0.4 is 11.0 Å². The third kappa shape index (κ3) is 4.30. The second-order valence-electron chi connectivity index (χ2n) is 5.93. The first-order valence-electron chi connectivity index (χ1n) is 8.22. The van der Waals surface area contributed by atoms with Crippen molar-refractivity contribution in [2.45, 2.75) is 13.0 Å². The van der Waals surface area contributed by atoms with Gasteiger partial charge in [-0.1, -0.05) is 18.2 Å². The molecular weight excluding hydrogens is 350 g/mol. The van der Waals surface area contributed by atoms with Crippen LogP contribution in [0.2, 0.25) is 0 Å². The molecule has 8 nitrogen and oxygen atoms in total. The molecule has 1 atom stereocenters. The van der Waals surface area contributed by atoms with Crippen molar-refractivity contribution in [2.75, 3.05) is 6.61 Å². The molecule has 8 heteroatoms. The fourth-order valence-corrected chi connectivity index (χ4v) is 2.48. The van der Waals surface area contributed by atoms with E-state index >= 15 is 0 Å². The van der Waals surface area contributed by atoms with Crippen LogP contribution in [-0.4, -0.2) is 40.3 Å². The molecule has 1 heterocycles. The van der Waals surface area contributed by atoms with Gasteiger partial charge >= 0.3 is 11.7 Å². The van der Waals surface area contributed by atoms with Gasteiger partial charge in [0.1, 0.15) is 6.04 Å². The smallest absolute Gasteiger partial charge is 0.328 e. The normalized spacial score (nSPS) is 11.7. The number of Topliss-reactive ketones (excluding diaryl/α,β-unsaturated/α-hetero) is 1. The van der Waals surface area contributed by atoms with Crippen LogP contribution in [0.1, 0.15) is 27.6 Å². The summed E-state index contributed by atoms with van der Waals surface area (Å²) in [7, 11) is 0. The Kier molecular flexibility index (Phi) is 5.16. The highest BCUT2D eigenvalue weighted by Gasteiger charge is 2.19. The first-order chi connectivity index (χ1) is 12.9. The minimum Gasteiger partial charge on any atom is -0.456 e. The Hall–Kier alpha value is -3.68. The summed E-state index contributed by atoms with van der Waals surface area (Å²) in [6, 6.07) is 12.2. The second-order valence-corrected chi connectivity index (χ2v) is 5.93. The third-order valence-electron chi connectivity index (χ3n) is 3.92. The molecule has 2 aromatic carbocycles. The van der Waals surface area contributed by atoms with E-state index in [2.05, 4.69) is 15.3 Å². The number of carbonyl (C=O) groups excluding carboxylic acids is 3. The molecule has 0 aliphatic carbocycles. The minimum atomic E-state index is -0.908. The van der Waals surface area contributed by atoms with Crippen molar-refractivity contribution in [2.24, 2.45) is 0 Å². The lowest BCUT2D eigenvalue weighted by Crippen LogP contribution is -2.40. The number of aromatic nitrogens is 2. The molecule has 27 heavy (non-hydrogen) atoms. The van der Waals surface area contributed by atoms with Crippen molar-refractivity contribution in [1.29, 1.82) is 0 Å². The Bertz CT molecular complexity index is 1050. The second kappa shape index (κ2) is 7.69. The molecule has 1 amide bonds. The standard InChI is InChI=1S/C19H17N3O5/c1-11(20-17(24)12-5-3-2-4-6-12)18(25)27-10-16(23)13-7-8-14-15(9-13)22-19(26)21-14/h2-9,11H,10H2,1H3,(H,20,24)(H2,21,22,26). The van der Waals surface area contributed by atoms with E-state index in [1.807, 2.05) is 0 Å². The number of nitrogens with one attached hydrogen (secondary N) is 3. The van der Waals surface area contributed by atoms with Crippen LogP contribution in [-0.2, 0) is 9.53 Å². The summed E-state index contributed by atoms with van der Waals surface area (Å²) in [4.78, 5) is 52.6. The zero-order chi connectivity index (χ0) is 19.4. The first kappa shape index (κ1) is 18.1. The molecule has 0 radical (unpaired) electrons. The van der Waals surface area contributed by atoms with Crippen molar-refractivity contribution >= 4 is 28.7 Å². The van der Waals surface area contributed by atoms with Gasteiger partial charge in [-0.2, -0.15) is 0 Å². The molecule has 3 aromatic rings. The highest BCUT2D eigenvalue weighted by molar-refractivity contribution is 6.01. The summed E-state index contributed by atoms with van der Waals surface area (Å²) in [6.45, 7) is 1.01. The Morgan fingerprint density at radius 1 is 1.00 bits per heavy atom. The Balaban J connectivity index is 1.56. The van der Waals surface area contributed by atoms with E-state index in [1.165, 1.54) is 19.1 Å². The zero-order valence-corrected chi connectivity index (χ0v) is 14.4. The van der Waals surface area contributed by atoms with E-state index in [1.54, 1.807) is 36.4 Å². The lowest BCUT2D eigenvalue weighted by molar-refractivity contribution is -0.144. The Morgan fingerprint density at radius 2 is 1.70 bits per heavy atom. The molecule has 0 saturated carbocycles. The molecule has 3 rings (SSSR count). The lowest BCUT2D eigenvalue weighted by Gasteiger charge is -2.13. The van der Waals surface area contributed by atoms with Gasteiger partial charge in [0.05, 0.1) is 11.0 Å². The van der Waals surface area contributed by atoms with Crippen molar-refractivity contribution in [1.82, 2.24) is 15.3 Å². The van der Waals surface area contributed by atoms with E-state index in [0.717, 1.165) is 0 Å². The van der Waals surface area contributed by atoms with Gasteiger partial charge in [-0.25, -0.2) is 9.59 Å². The number of fused-ring (bicyclic) bond motifs is 1. The van der Waals surface area contributed by atoms with Crippen molar-refractivity contribution in [3.63, 3.8) is 0 Å². The number of rotatable bonds is 6. The monoisotopic (exact) mass is 367 g/mol. The van der Waals surface area contributed by atoms with E-state index in [4.69, 9.17) is 4.74 Å². The van der Waals surface area contributed by atoms with Gasteiger partial charge in [0, 0.05) is 11.1 Å². The fourth-order valence-electron chi connectivity index (χ4n) is 2.48. The third-order valence-corrected chi connectivity index (χ3v) is 3.92. The summed E-state index contributed by atoms with van der Waals surface area (Å²) in [6.07, 6.45) is 0. The van der Waals surface area contributed by atoms with Crippen LogP contribution in [0.25, 0.3) is 11.0 Å².